The topological polar surface area (TPSA) is 80.4 Å². The van der Waals surface area contributed by atoms with Gasteiger partial charge < -0.3 is 20.9 Å². The standard InChI is InChI=1S/C15H25N3O2/c1-11(2)20-14-12(16)5-6-13(18-14)17-9-15(10-19)7-3-4-8-15/h5-6,11,19H,3-4,7-10,16H2,1-2H3,(H,17,18). The van der Waals surface area contributed by atoms with E-state index in [9.17, 15) is 5.11 Å². The summed E-state index contributed by atoms with van der Waals surface area (Å²) in [5.41, 5.74) is 6.40. The molecule has 1 saturated carbocycles. The van der Waals surface area contributed by atoms with Crippen molar-refractivity contribution in [2.24, 2.45) is 5.41 Å². The lowest BCUT2D eigenvalue weighted by molar-refractivity contribution is 0.142. The lowest BCUT2D eigenvalue weighted by atomic mass is 9.87. The molecule has 5 nitrogen and oxygen atoms in total. The van der Waals surface area contributed by atoms with Crippen molar-refractivity contribution in [2.45, 2.75) is 45.6 Å². The number of aliphatic hydroxyl groups is 1. The predicted molar refractivity (Wildman–Crippen MR) is 80.9 cm³/mol. The van der Waals surface area contributed by atoms with Gasteiger partial charge in [0.2, 0.25) is 5.88 Å². The van der Waals surface area contributed by atoms with Crippen LogP contribution in [0.2, 0.25) is 0 Å². The summed E-state index contributed by atoms with van der Waals surface area (Å²) in [6, 6.07) is 3.65. The molecule has 1 fully saturated rings. The number of nitrogens with two attached hydrogens (primary N) is 1. The first-order chi connectivity index (χ1) is 9.54. The summed E-state index contributed by atoms with van der Waals surface area (Å²) in [5, 5.41) is 12.9. The Balaban J connectivity index is 2.02. The number of hydrogen-bond acceptors (Lipinski definition) is 5. The summed E-state index contributed by atoms with van der Waals surface area (Å²) in [4.78, 5) is 4.40. The van der Waals surface area contributed by atoms with Crippen LogP contribution in [-0.2, 0) is 0 Å². The maximum Gasteiger partial charge on any atom is 0.239 e. The van der Waals surface area contributed by atoms with Crippen molar-refractivity contribution < 1.29 is 9.84 Å². The highest BCUT2D eigenvalue weighted by Gasteiger charge is 2.33. The second-order valence-corrected chi connectivity index (χ2v) is 5.98. The molecule has 0 amide bonds. The van der Waals surface area contributed by atoms with Gasteiger partial charge in [-0.15, -0.1) is 0 Å². The zero-order chi connectivity index (χ0) is 14.6. The van der Waals surface area contributed by atoms with Crippen LogP contribution in [-0.4, -0.2) is 29.3 Å². The lowest BCUT2D eigenvalue weighted by Crippen LogP contribution is -2.30. The minimum atomic E-state index is 0.00212. The van der Waals surface area contributed by atoms with E-state index in [0.717, 1.165) is 25.2 Å². The van der Waals surface area contributed by atoms with E-state index in [-0.39, 0.29) is 18.1 Å². The zero-order valence-corrected chi connectivity index (χ0v) is 12.4. The van der Waals surface area contributed by atoms with Gasteiger partial charge in [0.15, 0.2) is 0 Å². The van der Waals surface area contributed by atoms with Gasteiger partial charge in [-0.3, -0.25) is 0 Å². The van der Waals surface area contributed by atoms with E-state index in [1.807, 2.05) is 19.9 Å². The SMILES string of the molecule is CC(C)Oc1nc(NCC2(CO)CCCC2)ccc1N. The van der Waals surface area contributed by atoms with Crippen molar-refractivity contribution in [2.75, 3.05) is 24.2 Å². The van der Waals surface area contributed by atoms with Crippen LogP contribution < -0.4 is 15.8 Å². The maximum atomic E-state index is 9.61. The lowest BCUT2D eigenvalue weighted by Gasteiger charge is -2.27. The van der Waals surface area contributed by atoms with Crippen molar-refractivity contribution in [3.63, 3.8) is 0 Å². The smallest absolute Gasteiger partial charge is 0.239 e. The molecule has 2 rings (SSSR count). The molecule has 0 saturated heterocycles. The molecule has 5 heteroatoms. The van der Waals surface area contributed by atoms with Crippen molar-refractivity contribution in [1.82, 2.24) is 4.98 Å². The quantitative estimate of drug-likeness (QED) is 0.745. The summed E-state index contributed by atoms with van der Waals surface area (Å²) < 4.78 is 5.58. The largest absolute Gasteiger partial charge is 0.473 e. The number of aromatic nitrogens is 1. The monoisotopic (exact) mass is 279 g/mol. The highest BCUT2D eigenvalue weighted by Crippen LogP contribution is 2.37. The van der Waals surface area contributed by atoms with Crippen LogP contribution in [0.3, 0.4) is 0 Å². The van der Waals surface area contributed by atoms with Gasteiger partial charge in [-0.1, -0.05) is 12.8 Å². The fourth-order valence-electron chi connectivity index (χ4n) is 2.66. The molecule has 0 bridgehead atoms. The van der Waals surface area contributed by atoms with Crippen LogP contribution in [0.5, 0.6) is 5.88 Å². The molecule has 0 atom stereocenters. The van der Waals surface area contributed by atoms with E-state index in [1.165, 1.54) is 12.8 Å². The normalized spacial score (nSPS) is 17.4. The molecule has 1 heterocycles. The van der Waals surface area contributed by atoms with E-state index in [1.54, 1.807) is 6.07 Å². The zero-order valence-electron chi connectivity index (χ0n) is 12.4. The number of ether oxygens (including phenoxy) is 1. The third-order valence-corrected chi connectivity index (χ3v) is 3.88. The Morgan fingerprint density at radius 2 is 2.10 bits per heavy atom. The van der Waals surface area contributed by atoms with Gasteiger partial charge in [0.1, 0.15) is 5.82 Å². The van der Waals surface area contributed by atoms with Crippen LogP contribution >= 0.6 is 0 Å². The minimum Gasteiger partial charge on any atom is -0.473 e. The van der Waals surface area contributed by atoms with E-state index in [0.29, 0.717) is 11.6 Å². The average Bonchev–Trinajstić information content (AvgIpc) is 2.89. The van der Waals surface area contributed by atoms with Crippen LogP contribution in [0.25, 0.3) is 0 Å². The van der Waals surface area contributed by atoms with Crippen molar-refractivity contribution in [3.8, 4) is 5.88 Å². The van der Waals surface area contributed by atoms with Gasteiger partial charge in [-0.05, 0) is 38.8 Å². The molecule has 1 aromatic rings. The molecule has 0 unspecified atom stereocenters. The number of aliphatic hydroxyl groups excluding tert-OH is 1. The predicted octanol–water partition coefficient (Wildman–Crippen LogP) is 2.42. The molecule has 0 spiro atoms. The third kappa shape index (κ3) is 3.54. The average molecular weight is 279 g/mol. The number of rotatable bonds is 6. The number of hydrogen-bond donors (Lipinski definition) is 3. The van der Waals surface area contributed by atoms with Gasteiger partial charge in [-0.25, -0.2) is 0 Å². The molecule has 20 heavy (non-hydrogen) atoms. The molecule has 1 aromatic heterocycles. The van der Waals surface area contributed by atoms with Crippen LogP contribution in [0.4, 0.5) is 11.5 Å². The Hall–Kier alpha value is -1.49. The van der Waals surface area contributed by atoms with Crippen molar-refractivity contribution in [3.05, 3.63) is 12.1 Å². The number of pyridine rings is 1. The molecule has 0 radical (unpaired) electrons. The molecular weight excluding hydrogens is 254 g/mol. The first-order valence-corrected chi connectivity index (χ1v) is 7.33. The Morgan fingerprint density at radius 1 is 1.40 bits per heavy atom. The van der Waals surface area contributed by atoms with Crippen LogP contribution in [0.1, 0.15) is 39.5 Å². The number of nitrogens with one attached hydrogen (secondary N) is 1. The second kappa shape index (κ2) is 6.31. The Bertz CT molecular complexity index is 443. The van der Waals surface area contributed by atoms with E-state index >= 15 is 0 Å². The molecule has 4 N–H and O–H groups in total. The van der Waals surface area contributed by atoms with Gasteiger partial charge >= 0.3 is 0 Å². The molecule has 112 valence electrons. The second-order valence-electron chi connectivity index (χ2n) is 5.98. The molecule has 0 aromatic carbocycles. The van der Waals surface area contributed by atoms with Gasteiger partial charge in [-0.2, -0.15) is 4.98 Å². The van der Waals surface area contributed by atoms with Crippen LogP contribution in [0, 0.1) is 5.41 Å². The molecule has 1 aliphatic carbocycles. The maximum absolute atomic E-state index is 9.61. The summed E-state index contributed by atoms with van der Waals surface area (Å²) in [6.45, 7) is 4.85. The molecule has 0 aliphatic heterocycles. The first-order valence-electron chi connectivity index (χ1n) is 7.33. The van der Waals surface area contributed by atoms with Gasteiger partial charge in [0.25, 0.3) is 0 Å². The summed E-state index contributed by atoms with van der Waals surface area (Å²) in [5.74, 6) is 1.21. The summed E-state index contributed by atoms with van der Waals surface area (Å²) >= 11 is 0. The minimum absolute atomic E-state index is 0.00212. The number of nitrogen functional groups attached to an aromatic ring is 1. The number of nitrogens with zero attached hydrogens (tertiary/aromatic N) is 1. The number of anilines is 2. The van der Waals surface area contributed by atoms with E-state index in [2.05, 4.69) is 10.3 Å². The molecular formula is C15H25N3O2. The van der Waals surface area contributed by atoms with Gasteiger partial charge in [0, 0.05) is 12.0 Å². The highest BCUT2D eigenvalue weighted by atomic mass is 16.5. The highest BCUT2D eigenvalue weighted by molar-refractivity contribution is 5.53. The third-order valence-electron chi connectivity index (χ3n) is 3.88. The van der Waals surface area contributed by atoms with Crippen LogP contribution in [0.15, 0.2) is 12.1 Å². The Kier molecular flexibility index (Phi) is 4.70. The molecule has 1 aliphatic rings. The van der Waals surface area contributed by atoms with E-state index < -0.39 is 0 Å². The fraction of sp³-hybridized carbons (Fsp3) is 0.667. The van der Waals surface area contributed by atoms with Crippen molar-refractivity contribution >= 4 is 11.5 Å². The Labute approximate surface area is 120 Å². The summed E-state index contributed by atoms with van der Waals surface area (Å²) in [7, 11) is 0. The fourth-order valence-corrected chi connectivity index (χ4v) is 2.66. The first kappa shape index (κ1) is 14.9. The Morgan fingerprint density at radius 3 is 2.70 bits per heavy atom. The summed E-state index contributed by atoms with van der Waals surface area (Å²) in [6.07, 6.45) is 4.57. The van der Waals surface area contributed by atoms with Gasteiger partial charge in [0.05, 0.1) is 18.4 Å². The van der Waals surface area contributed by atoms with E-state index in [4.69, 9.17) is 10.5 Å². The van der Waals surface area contributed by atoms with Crippen molar-refractivity contribution in [1.29, 1.82) is 0 Å².